The SMILES string of the molecule is [Cl][Pd]([Cl])([PH](Oc1ccccc1)(Oc1ccccc1)c1ccccc1)[PH](Oc1ccccc1)(Oc1ccccc1)c1ccccc1. The first kappa shape index (κ1) is 31.6. The van der Waals surface area contributed by atoms with Crippen molar-refractivity contribution in [3.63, 3.8) is 0 Å². The van der Waals surface area contributed by atoms with E-state index in [1.165, 1.54) is 0 Å². The zero-order valence-electron chi connectivity index (χ0n) is 24.0. The van der Waals surface area contributed by atoms with Gasteiger partial charge in [0.25, 0.3) is 0 Å². The average Bonchev–Trinajstić information content (AvgIpc) is 3.10. The third-order valence-corrected chi connectivity index (χ3v) is 42.5. The molecular formula is C36H32Cl2O4P2Pd. The van der Waals surface area contributed by atoms with Crippen LogP contribution in [0.4, 0.5) is 0 Å². The minimum absolute atomic E-state index is 0.584. The first-order valence-electron chi connectivity index (χ1n) is 14.2. The van der Waals surface area contributed by atoms with E-state index in [0.717, 1.165) is 10.6 Å². The van der Waals surface area contributed by atoms with Crippen molar-refractivity contribution < 1.29 is 30.6 Å². The topological polar surface area (TPSA) is 36.9 Å². The van der Waals surface area contributed by atoms with E-state index < -0.39 is 24.3 Å². The summed E-state index contributed by atoms with van der Waals surface area (Å²) in [6.45, 7) is 0. The molecule has 6 rings (SSSR count). The van der Waals surface area contributed by atoms with E-state index in [9.17, 15) is 0 Å². The maximum absolute atomic E-state index is 8.19. The van der Waals surface area contributed by atoms with E-state index in [-0.39, 0.29) is 0 Å². The predicted octanol–water partition coefficient (Wildman–Crippen LogP) is 10.4. The van der Waals surface area contributed by atoms with Gasteiger partial charge in [0.15, 0.2) is 0 Å². The van der Waals surface area contributed by atoms with Crippen LogP contribution in [0, 0.1) is 0 Å². The molecule has 234 valence electrons. The van der Waals surface area contributed by atoms with Gasteiger partial charge in [-0.15, -0.1) is 0 Å². The summed E-state index contributed by atoms with van der Waals surface area (Å²) < 4.78 is 28.6. The van der Waals surface area contributed by atoms with E-state index >= 15 is 0 Å². The van der Waals surface area contributed by atoms with Crippen molar-refractivity contribution in [2.75, 3.05) is 0 Å². The van der Waals surface area contributed by atoms with Crippen LogP contribution in [-0.2, 0) is 12.5 Å². The first-order valence-corrected chi connectivity index (χ1v) is 26.1. The Labute approximate surface area is 275 Å². The molecule has 0 aromatic heterocycles. The van der Waals surface area contributed by atoms with Gasteiger partial charge in [0.1, 0.15) is 0 Å². The normalized spacial score (nSPS) is 12.8. The predicted molar refractivity (Wildman–Crippen MR) is 189 cm³/mol. The van der Waals surface area contributed by atoms with Gasteiger partial charge in [-0.05, 0) is 0 Å². The van der Waals surface area contributed by atoms with Crippen LogP contribution in [-0.4, -0.2) is 0 Å². The Balaban J connectivity index is 1.68. The molecule has 0 heterocycles. The summed E-state index contributed by atoms with van der Waals surface area (Å²) in [4.78, 5) is 0. The Morgan fingerprint density at radius 1 is 0.311 bits per heavy atom. The summed E-state index contributed by atoms with van der Waals surface area (Å²) in [5, 5.41) is 1.53. The molecule has 6 aromatic rings. The summed E-state index contributed by atoms with van der Waals surface area (Å²) in [6, 6.07) is 57.8. The number of rotatable bonds is 12. The fraction of sp³-hybridized carbons (Fsp3) is 0. The molecule has 0 saturated heterocycles. The number of hydrogen-bond donors (Lipinski definition) is 0. The van der Waals surface area contributed by atoms with Gasteiger partial charge in [0.05, 0.1) is 0 Å². The Kier molecular flexibility index (Phi) is 10.1. The number of benzene rings is 6. The molecule has 4 nitrogen and oxygen atoms in total. The molecule has 45 heavy (non-hydrogen) atoms. The molecule has 0 aliphatic rings. The molecule has 0 atom stereocenters. The van der Waals surface area contributed by atoms with Gasteiger partial charge >= 0.3 is 277 Å². The zero-order valence-corrected chi connectivity index (χ0v) is 29.1. The third kappa shape index (κ3) is 6.77. The van der Waals surface area contributed by atoms with Crippen LogP contribution in [0.5, 0.6) is 23.0 Å². The van der Waals surface area contributed by atoms with Gasteiger partial charge in [-0.3, -0.25) is 0 Å². The fourth-order valence-electron chi connectivity index (χ4n) is 4.59. The van der Waals surface area contributed by atoms with Crippen molar-refractivity contribution >= 4 is 41.5 Å². The second-order valence-electron chi connectivity index (χ2n) is 9.75. The van der Waals surface area contributed by atoms with Crippen molar-refractivity contribution in [2.45, 2.75) is 0 Å². The maximum atomic E-state index is 8.19. The molecule has 0 N–H and O–H groups in total. The van der Waals surface area contributed by atoms with E-state index in [1.54, 1.807) is 0 Å². The molecule has 0 amide bonds. The Morgan fingerprint density at radius 2 is 0.511 bits per heavy atom. The van der Waals surface area contributed by atoms with Crippen LogP contribution in [0.15, 0.2) is 182 Å². The van der Waals surface area contributed by atoms with E-state index in [1.807, 2.05) is 182 Å². The third-order valence-electron chi connectivity index (χ3n) is 6.67. The van der Waals surface area contributed by atoms with Crippen LogP contribution in [0.25, 0.3) is 0 Å². The van der Waals surface area contributed by atoms with Crippen LogP contribution >= 0.6 is 30.9 Å². The number of halogens is 2. The standard InChI is InChI=1S/2C18H15O2P.2ClH.Pd/c2*1-4-10-16(11-5-1)19-21(18-14-8-3-9-15-18)20-17-12-6-2-7-13-17;;;/h2*1-15H;2*1H;. The monoisotopic (exact) mass is 766 g/mol. The summed E-state index contributed by atoms with van der Waals surface area (Å²) in [5.41, 5.74) is 0. The fourth-order valence-corrected chi connectivity index (χ4v) is 39.3. The molecule has 0 unspecified atom stereocenters. The second kappa shape index (κ2) is 14.4. The minimum atomic E-state index is -4.32. The van der Waals surface area contributed by atoms with E-state index in [0.29, 0.717) is 23.0 Å². The van der Waals surface area contributed by atoms with Crippen molar-refractivity contribution in [3.05, 3.63) is 182 Å². The van der Waals surface area contributed by atoms with Gasteiger partial charge in [-0.2, -0.15) is 0 Å². The average molecular weight is 768 g/mol. The van der Waals surface area contributed by atoms with Crippen LogP contribution < -0.4 is 28.7 Å². The van der Waals surface area contributed by atoms with Gasteiger partial charge in [0.2, 0.25) is 0 Å². The molecule has 9 heteroatoms. The Bertz CT molecular complexity index is 1560. The van der Waals surface area contributed by atoms with E-state index in [4.69, 9.17) is 37.2 Å². The summed E-state index contributed by atoms with van der Waals surface area (Å²) in [7, 11) is 16.4. The Hall–Kier alpha value is -3.38. The summed E-state index contributed by atoms with van der Waals surface area (Å²) in [5.74, 6) is -5.69. The van der Waals surface area contributed by atoms with Gasteiger partial charge in [0, 0.05) is 0 Å². The van der Waals surface area contributed by atoms with Gasteiger partial charge < -0.3 is 0 Å². The van der Waals surface area contributed by atoms with Crippen molar-refractivity contribution in [3.8, 4) is 23.0 Å². The number of para-hydroxylation sites is 4. The second-order valence-corrected chi connectivity index (χ2v) is 38.8. The van der Waals surface area contributed by atoms with Gasteiger partial charge in [-0.25, -0.2) is 0 Å². The molecule has 0 aliphatic carbocycles. The Morgan fingerprint density at radius 3 is 0.733 bits per heavy atom. The van der Waals surface area contributed by atoms with Crippen LogP contribution in [0.1, 0.15) is 0 Å². The molecule has 6 aromatic carbocycles. The van der Waals surface area contributed by atoms with Crippen molar-refractivity contribution in [1.82, 2.24) is 0 Å². The molecule has 0 fully saturated rings. The van der Waals surface area contributed by atoms with Crippen LogP contribution in [0.2, 0.25) is 0 Å². The molecule has 0 saturated carbocycles. The number of hydrogen-bond acceptors (Lipinski definition) is 4. The van der Waals surface area contributed by atoms with Crippen molar-refractivity contribution in [2.24, 2.45) is 0 Å². The molecule has 0 aliphatic heterocycles. The molecule has 0 radical (unpaired) electrons. The zero-order chi connectivity index (χ0) is 31.0. The van der Waals surface area contributed by atoms with Crippen molar-refractivity contribution in [1.29, 1.82) is 0 Å². The van der Waals surface area contributed by atoms with E-state index in [2.05, 4.69) is 0 Å². The molecule has 0 spiro atoms. The molecular weight excluding hydrogens is 736 g/mol. The van der Waals surface area contributed by atoms with Gasteiger partial charge in [-0.1, -0.05) is 0 Å². The summed E-state index contributed by atoms with van der Waals surface area (Å²) >= 11 is -4.32. The summed E-state index contributed by atoms with van der Waals surface area (Å²) in [6.07, 6.45) is 0. The molecule has 0 bridgehead atoms. The quantitative estimate of drug-likeness (QED) is 0.0918. The first-order chi connectivity index (χ1) is 22.0. The van der Waals surface area contributed by atoms with Crippen LogP contribution in [0.3, 0.4) is 0 Å².